The van der Waals surface area contributed by atoms with E-state index < -0.39 is 27.1 Å². The quantitative estimate of drug-likeness (QED) is 0.389. The fourth-order valence-corrected chi connectivity index (χ4v) is 1.32. The largest absolute Gasteiger partial charge is 0.294 e. The number of carbonyl (C=O) groups is 1. The van der Waals surface area contributed by atoms with Crippen LogP contribution in [-0.4, -0.2) is 15.8 Å². The first-order chi connectivity index (χ1) is 7.47. The number of halogens is 1. The number of nitrogens with zero attached hydrogens (tertiary/aromatic N) is 2. The molecule has 0 aromatic heterocycles. The first-order valence-corrected chi connectivity index (χ1v) is 4.89. The van der Waals surface area contributed by atoms with Gasteiger partial charge in [-0.05, 0) is 6.07 Å². The number of benzene rings is 1. The van der Waals surface area contributed by atoms with Gasteiger partial charge in [-0.1, -0.05) is 0 Å². The third-order valence-electron chi connectivity index (χ3n) is 1.72. The molecule has 0 radical (unpaired) electrons. The number of nitrogens with one attached hydrogen (secondary N) is 1. The van der Waals surface area contributed by atoms with Crippen molar-refractivity contribution in [3.8, 4) is 0 Å². The average Bonchev–Trinajstić information content (AvgIpc) is 2.26. The van der Waals surface area contributed by atoms with Gasteiger partial charge >= 0.3 is 0 Å². The Kier molecular flexibility index (Phi) is 3.71. The Morgan fingerprint density at radius 1 is 1.25 bits per heavy atom. The van der Waals surface area contributed by atoms with E-state index in [0.717, 1.165) is 18.2 Å². The van der Waals surface area contributed by atoms with Crippen LogP contribution in [0, 0.1) is 20.2 Å². The van der Waals surface area contributed by atoms with Gasteiger partial charge in [0.25, 0.3) is 17.3 Å². The summed E-state index contributed by atoms with van der Waals surface area (Å²) in [4.78, 5) is 30.6. The van der Waals surface area contributed by atoms with Crippen LogP contribution in [0.25, 0.3) is 0 Å². The van der Waals surface area contributed by atoms with Crippen LogP contribution in [0.4, 0.5) is 11.4 Å². The van der Waals surface area contributed by atoms with Crippen molar-refractivity contribution in [3.63, 3.8) is 0 Å². The van der Waals surface area contributed by atoms with E-state index in [1.807, 2.05) is 0 Å². The van der Waals surface area contributed by atoms with Crippen molar-refractivity contribution in [2.75, 3.05) is 0 Å². The Morgan fingerprint density at radius 2 is 1.88 bits per heavy atom. The van der Waals surface area contributed by atoms with Gasteiger partial charge in [0.2, 0.25) is 0 Å². The summed E-state index contributed by atoms with van der Waals surface area (Å²) in [5, 5.41) is 21.0. The van der Waals surface area contributed by atoms with Gasteiger partial charge in [0, 0.05) is 6.07 Å². The zero-order valence-electron chi connectivity index (χ0n) is 7.55. The van der Waals surface area contributed by atoms with Gasteiger partial charge in [-0.3, -0.25) is 28.6 Å². The average molecular weight is 337 g/mol. The number of nitro groups is 2. The van der Waals surface area contributed by atoms with E-state index in [4.69, 9.17) is 0 Å². The molecule has 1 aromatic carbocycles. The summed E-state index contributed by atoms with van der Waals surface area (Å²) in [7, 11) is 0. The highest BCUT2D eigenvalue weighted by Gasteiger charge is 2.23. The van der Waals surface area contributed by atoms with E-state index in [1.165, 1.54) is 22.9 Å². The molecule has 0 fully saturated rings. The molecule has 0 spiro atoms. The molecular formula is C7H4IN3O5. The number of hydrogen-bond acceptors (Lipinski definition) is 5. The first-order valence-electron chi connectivity index (χ1n) is 3.81. The third kappa shape index (κ3) is 2.42. The molecule has 0 aliphatic carbocycles. The van der Waals surface area contributed by atoms with Crippen LogP contribution in [0.3, 0.4) is 0 Å². The lowest BCUT2D eigenvalue weighted by Gasteiger charge is -2.00. The van der Waals surface area contributed by atoms with E-state index in [2.05, 4.69) is 3.53 Å². The van der Waals surface area contributed by atoms with E-state index in [0.29, 0.717) is 0 Å². The highest BCUT2D eigenvalue weighted by atomic mass is 127. The molecule has 8 nitrogen and oxygen atoms in total. The van der Waals surface area contributed by atoms with Crippen molar-refractivity contribution in [3.05, 3.63) is 44.0 Å². The lowest BCUT2D eigenvalue weighted by molar-refractivity contribution is -0.394. The Hall–Kier alpha value is -1.78. The maximum Gasteiger partial charge on any atom is 0.289 e. The van der Waals surface area contributed by atoms with Crippen molar-refractivity contribution >= 4 is 40.1 Å². The van der Waals surface area contributed by atoms with Crippen LogP contribution in [0.15, 0.2) is 18.2 Å². The van der Waals surface area contributed by atoms with Gasteiger partial charge in [0.15, 0.2) is 0 Å². The normalized spacial score (nSPS) is 9.56. The van der Waals surface area contributed by atoms with E-state index in [9.17, 15) is 25.0 Å². The van der Waals surface area contributed by atoms with Gasteiger partial charge in [0.1, 0.15) is 5.56 Å². The number of hydrogen-bond donors (Lipinski definition) is 1. The molecule has 0 atom stereocenters. The zero-order valence-corrected chi connectivity index (χ0v) is 9.70. The van der Waals surface area contributed by atoms with Gasteiger partial charge in [-0.2, -0.15) is 0 Å². The molecule has 0 saturated heterocycles. The fraction of sp³-hybridized carbons (Fsp3) is 0. The van der Waals surface area contributed by atoms with Gasteiger partial charge in [-0.25, -0.2) is 0 Å². The molecule has 0 aliphatic rings. The molecule has 0 unspecified atom stereocenters. The molecule has 0 saturated carbocycles. The molecule has 0 bridgehead atoms. The predicted octanol–water partition coefficient (Wildman–Crippen LogP) is 1.58. The van der Waals surface area contributed by atoms with Crippen molar-refractivity contribution in [2.24, 2.45) is 0 Å². The lowest BCUT2D eigenvalue weighted by atomic mass is 10.1. The van der Waals surface area contributed by atoms with Crippen LogP contribution in [0.2, 0.25) is 0 Å². The van der Waals surface area contributed by atoms with Crippen LogP contribution in [0.5, 0.6) is 0 Å². The number of nitro benzene ring substituents is 2. The lowest BCUT2D eigenvalue weighted by Crippen LogP contribution is -2.14. The number of non-ortho nitro benzene ring substituents is 1. The minimum atomic E-state index is -0.839. The minimum Gasteiger partial charge on any atom is -0.294 e. The number of amides is 1. The zero-order chi connectivity index (χ0) is 12.3. The summed E-state index contributed by atoms with van der Waals surface area (Å²) >= 11 is 1.52. The summed E-state index contributed by atoms with van der Waals surface area (Å²) in [5.41, 5.74) is -1.25. The molecule has 0 aliphatic heterocycles. The standard InChI is InChI=1S/C7H4IN3O5/c8-9-7(12)5-2-1-4(10(13)14)3-6(5)11(15)16/h1-3H,(H,9,12). The van der Waals surface area contributed by atoms with E-state index in [-0.39, 0.29) is 5.56 Å². The highest BCUT2D eigenvalue weighted by molar-refractivity contribution is 14.1. The second kappa shape index (κ2) is 4.83. The predicted molar refractivity (Wildman–Crippen MR) is 61.2 cm³/mol. The van der Waals surface area contributed by atoms with Crippen molar-refractivity contribution in [1.29, 1.82) is 0 Å². The van der Waals surface area contributed by atoms with Crippen molar-refractivity contribution in [1.82, 2.24) is 3.53 Å². The van der Waals surface area contributed by atoms with E-state index in [1.54, 1.807) is 0 Å². The third-order valence-corrected chi connectivity index (χ3v) is 2.21. The van der Waals surface area contributed by atoms with Crippen LogP contribution in [0.1, 0.15) is 10.4 Å². The molecule has 84 valence electrons. The Bertz CT molecular complexity index is 475. The maximum absolute atomic E-state index is 11.2. The molecule has 1 amide bonds. The van der Waals surface area contributed by atoms with E-state index >= 15 is 0 Å². The van der Waals surface area contributed by atoms with Crippen molar-refractivity contribution < 1.29 is 14.6 Å². The Morgan fingerprint density at radius 3 is 2.31 bits per heavy atom. The number of carbonyl (C=O) groups excluding carboxylic acids is 1. The summed E-state index contributed by atoms with van der Waals surface area (Å²) in [5.74, 6) is -0.679. The molecule has 9 heteroatoms. The second-order valence-electron chi connectivity index (χ2n) is 2.64. The topological polar surface area (TPSA) is 115 Å². The summed E-state index contributed by atoms with van der Waals surface area (Å²) < 4.78 is 2.18. The van der Waals surface area contributed by atoms with Crippen LogP contribution in [-0.2, 0) is 0 Å². The molecule has 1 rings (SSSR count). The van der Waals surface area contributed by atoms with Crippen molar-refractivity contribution in [2.45, 2.75) is 0 Å². The van der Waals surface area contributed by atoms with Gasteiger partial charge in [-0.15, -0.1) is 0 Å². The SMILES string of the molecule is O=C(NI)c1ccc([N+](=O)[O-])cc1[N+](=O)[O-]. The first kappa shape index (κ1) is 12.3. The van der Waals surface area contributed by atoms with Gasteiger partial charge in [0.05, 0.1) is 38.8 Å². The van der Waals surface area contributed by atoms with Crippen LogP contribution < -0.4 is 3.53 Å². The van der Waals surface area contributed by atoms with Crippen LogP contribution >= 0.6 is 22.9 Å². The van der Waals surface area contributed by atoms with Gasteiger partial charge < -0.3 is 0 Å². The smallest absolute Gasteiger partial charge is 0.289 e. The maximum atomic E-state index is 11.2. The highest BCUT2D eigenvalue weighted by Crippen LogP contribution is 2.24. The molecule has 1 aromatic rings. The molecule has 1 N–H and O–H groups in total. The second-order valence-corrected chi connectivity index (χ2v) is 3.18. The number of rotatable bonds is 3. The Balaban J connectivity index is 3.36. The summed E-state index contributed by atoms with van der Waals surface area (Å²) in [6.45, 7) is 0. The monoisotopic (exact) mass is 337 g/mol. The summed E-state index contributed by atoms with van der Waals surface area (Å²) in [6, 6.07) is 2.83. The summed E-state index contributed by atoms with van der Waals surface area (Å²) in [6.07, 6.45) is 0. The fourth-order valence-electron chi connectivity index (χ4n) is 1.03. The molecule has 0 heterocycles. The molecule has 16 heavy (non-hydrogen) atoms. The molecular weight excluding hydrogens is 333 g/mol. The Labute approximate surface area is 102 Å². The minimum absolute atomic E-state index is 0.218.